The van der Waals surface area contributed by atoms with Crippen molar-refractivity contribution in [2.45, 2.75) is 37.8 Å². The normalized spacial score (nSPS) is 22.4. The van der Waals surface area contributed by atoms with Crippen LogP contribution in [0.5, 0.6) is 5.75 Å². The number of amides is 1. The molecule has 1 aliphatic rings. The van der Waals surface area contributed by atoms with Gasteiger partial charge in [-0.25, -0.2) is 0 Å². The number of aliphatic hydroxyl groups excluding tert-OH is 1. The van der Waals surface area contributed by atoms with Gasteiger partial charge in [0.1, 0.15) is 5.75 Å². The maximum absolute atomic E-state index is 11.8. The largest absolute Gasteiger partial charge is 0.482 e. The van der Waals surface area contributed by atoms with E-state index >= 15 is 0 Å². The molecule has 6 heteroatoms. The standard InChI is InChI=1S/C14H17Cl2NO3/c15-9-1-6-13(12(16)7-9)20-8-14(19)17-10-2-4-11(18)5-3-10/h1,6-7,10-11,18H,2-5,8H2,(H,17,19). The molecule has 0 radical (unpaired) electrons. The van der Waals surface area contributed by atoms with E-state index in [0.29, 0.717) is 15.8 Å². The molecule has 0 bridgehead atoms. The fraction of sp³-hybridized carbons (Fsp3) is 0.500. The van der Waals surface area contributed by atoms with Crippen molar-refractivity contribution in [3.05, 3.63) is 28.2 Å². The molecule has 0 spiro atoms. The topological polar surface area (TPSA) is 58.6 Å². The van der Waals surface area contributed by atoms with Crippen LogP contribution < -0.4 is 10.1 Å². The van der Waals surface area contributed by atoms with Gasteiger partial charge >= 0.3 is 0 Å². The Morgan fingerprint density at radius 3 is 2.65 bits per heavy atom. The van der Waals surface area contributed by atoms with Crippen LogP contribution in [-0.4, -0.2) is 29.8 Å². The minimum Gasteiger partial charge on any atom is -0.482 e. The van der Waals surface area contributed by atoms with Crippen molar-refractivity contribution in [3.8, 4) is 5.75 Å². The minimum atomic E-state index is -0.229. The van der Waals surface area contributed by atoms with E-state index in [9.17, 15) is 9.90 Å². The Balaban J connectivity index is 1.77. The van der Waals surface area contributed by atoms with Crippen molar-refractivity contribution < 1.29 is 14.6 Å². The van der Waals surface area contributed by atoms with Crippen LogP contribution in [0.25, 0.3) is 0 Å². The Morgan fingerprint density at radius 1 is 1.30 bits per heavy atom. The highest BCUT2D eigenvalue weighted by atomic mass is 35.5. The molecule has 1 fully saturated rings. The third-order valence-electron chi connectivity index (χ3n) is 3.31. The smallest absolute Gasteiger partial charge is 0.258 e. The molecule has 110 valence electrons. The first kappa shape index (κ1) is 15.4. The predicted molar refractivity (Wildman–Crippen MR) is 78.4 cm³/mol. The second kappa shape index (κ2) is 7.16. The highest BCUT2D eigenvalue weighted by Crippen LogP contribution is 2.27. The average Bonchev–Trinajstić information content (AvgIpc) is 2.40. The zero-order chi connectivity index (χ0) is 14.5. The fourth-order valence-electron chi connectivity index (χ4n) is 2.23. The maximum atomic E-state index is 11.8. The average molecular weight is 318 g/mol. The van der Waals surface area contributed by atoms with Gasteiger partial charge in [0, 0.05) is 11.1 Å². The molecule has 0 saturated heterocycles. The number of aliphatic hydroxyl groups is 1. The highest BCUT2D eigenvalue weighted by molar-refractivity contribution is 6.35. The first-order valence-corrected chi connectivity index (χ1v) is 7.35. The number of carbonyl (C=O) groups excluding carboxylic acids is 1. The van der Waals surface area contributed by atoms with Crippen LogP contribution >= 0.6 is 23.2 Å². The van der Waals surface area contributed by atoms with Crippen LogP contribution in [0.3, 0.4) is 0 Å². The van der Waals surface area contributed by atoms with Crippen molar-refractivity contribution in [3.63, 3.8) is 0 Å². The third kappa shape index (κ3) is 4.54. The van der Waals surface area contributed by atoms with Crippen molar-refractivity contribution in [2.24, 2.45) is 0 Å². The number of ether oxygens (including phenoxy) is 1. The van der Waals surface area contributed by atoms with Crippen LogP contribution in [0.4, 0.5) is 0 Å². The summed E-state index contributed by atoms with van der Waals surface area (Å²) in [6.45, 7) is -0.0829. The number of halogens is 2. The van der Waals surface area contributed by atoms with Crippen molar-refractivity contribution in [1.82, 2.24) is 5.32 Å². The lowest BCUT2D eigenvalue weighted by atomic mass is 9.93. The van der Waals surface area contributed by atoms with E-state index in [-0.39, 0.29) is 24.7 Å². The minimum absolute atomic E-state index is 0.0829. The molecule has 1 amide bonds. The molecule has 0 unspecified atom stereocenters. The summed E-state index contributed by atoms with van der Waals surface area (Å²) in [5, 5.41) is 13.2. The van der Waals surface area contributed by atoms with Gasteiger partial charge in [0.05, 0.1) is 11.1 Å². The molecule has 20 heavy (non-hydrogen) atoms. The summed E-state index contributed by atoms with van der Waals surface area (Å²) in [5.41, 5.74) is 0. The summed E-state index contributed by atoms with van der Waals surface area (Å²) in [6, 6.07) is 4.98. The Labute approximate surface area is 128 Å². The second-order valence-corrected chi connectivity index (χ2v) is 5.78. The van der Waals surface area contributed by atoms with Gasteiger partial charge in [0.2, 0.25) is 0 Å². The zero-order valence-electron chi connectivity index (χ0n) is 10.9. The van der Waals surface area contributed by atoms with Crippen LogP contribution in [0.2, 0.25) is 10.0 Å². The van der Waals surface area contributed by atoms with Gasteiger partial charge in [0.15, 0.2) is 6.61 Å². The Bertz CT molecular complexity index is 473. The molecule has 0 heterocycles. The van der Waals surface area contributed by atoms with Gasteiger partial charge in [-0.05, 0) is 43.9 Å². The highest BCUT2D eigenvalue weighted by Gasteiger charge is 2.20. The van der Waals surface area contributed by atoms with E-state index < -0.39 is 0 Å². The van der Waals surface area contributed by atoms with Gasteiger partial charge in [-0.1, -0.05) is 23.2 Å². The molecule has 4 nitrogen and oxygen atoms in total. The second-order valence-electron chi connectivity index (χ2n) is 4.94. The molecule has 1 aromatic rings. The molecule has 0 atom stereocenters. The fourth-order valence-corrected chi connectivity index (χ4v) is 2.69. The van der Waals surface area contributed by atoms with Gasteiger partial charge in [-0.2, -0.15) is 0 Å². The molecular weight excluding hydrogens is 301 g/mol. The van der Waals surface area contributed by atoms with E-state index in [2.05, 4.69) is 5.32 Å². The van der Waals surface area contributed by atoms with Gasteiger partial charge in [-0.15, -0.1) is 0 Å². The Morgan fingerprint density at radius 2 is 2.00 bits per heavy atom. The number of nitrogens with one attached hydrogen (secondary N) is 1. The molecule has 0 aliphatic heterocycles. The summed E-state index contributed by atoms with van der Waals surface area (Å²) < 4.78 is 5.36. The van der Waals surface area contributed by atoms with E-state index in [0.717, 1.165) is 25.7 Å². The van der Waals surface area contributed by atoms with Crippen molar-refractivity contribution in [1.29, 1.82) is 0 Å². The van der Waals surface area contributed by atoms with E-state index in [1.54, 1.807) is 18.2 Å². The number of carbonyl (C=O) groups is 1. The first-order chi connectivity index (χ1) is 9.54. The number of hydrogen-bond donors (Lipinski definition) is 2. The van der Waals surface area contributed by atoms with Crippen LogP contribution in [0.15, 0.2) is 18.2 Å². The van der Waals surface area contributed by atoms with Crippen molar-refractivity contribution in [2.75, 3.05) is 6.61 Å². The first-order valence-electron chi connectivity index (χ1n) is 6.60. The number of rotatable bonds is 4. The lowest BCUT2D eigenvalue weighted by molar-refractivity contribution is -0.124. The van der Waals surface area contributed by atoms with Crippen molar-refractivity contribution >= 4 is 29.1 Å². The monoisotopic (exact) mass is 317 g/mol. The third-order valence-corrected chi connectivity index (χ3v) is 3.84. The van der Waals surface area contributed by atoms with Crippen LogP contribution in [0.1, 0.15) is 25.7 Å². The molecule has 0 aromatic heterocycles. The summed E-state index contributed by atoms with van der Waals surface area (Å²) in [7, 11) is 0. The van der Waals surface area contributed by atoms with Gasteiger partial charge < -0.3 is 15.2 Å². The summed E-state index contributed by atoms with van der Waals surface area (Å²) in [5.74, 6) is 0.252. The number of benzene rings is 1. The zero-order valence-corrected chi connectivity index (χ0v) is 12.5. The quantitative estimate of drug-likeness (QED) is 0.897. The SMILES string of the molecule is O=C(COc1ccc(Cl)cc1Cl)NC1CCC(O)CC1. The van der Waals surface area contributed by atoms with E-state index in [4.69, 9.17) is 27.9 Å². The lowest BCUT2D eigenvalue weighted by Crippen LogP contribution is -2.40. The lowest BCUT2D eigenvalue weighted by Gasteiger charge is -2.26. The van der Waals surface area contributed by atoms with E-state index in [1.165, 1.54) is 0 Å². The molecule has 1 aliphatic carbocycles. The van der Waals surface area contributed by atoms with E-state index in [1.807, 2.05) is 0 Å². The maximum Gasteiger partial charge on any atom is 0.258 e. The predicted octanol–water partition coefficient (Wildman–Crippen LogP) is 2.79. The van der Waals surface area contributed by atoms with Gasteiger partial charge in [-0.3, -0.25) is 4.79 Å². The van der Waals surface area contributed by atoms with Crippen LogP contribution in [0, 0.1) is 0 Å². The molecular formula is C14H17Cl2NO3. The molecule has 2 rings (SSSR count). The van der Waals surface area contributed by atoms with Crippen LogP contribution in [-0.2, 0) is 4.79 Å². The summed E-state index contributed by atoms with van der Waals surface area (Å²) in [6.07, 6.45) is 2.83. The number of hydrogen-bond acceptors (Lipinski definition) is 3. The summed E-state index contributed by atoms with van der Waals surface area (Å²) >= 11 is 11.7. The van der Waals surface area contributed by atoms with Gasteiger partial charge in [0.25, 0.3) is 5.91 Å². The summed E-state index contributed by atoms with van der Waals surface area (Å²) in [4.78, 5) is 11.8. The Kier molecular flexibility index (Phi) is 5.52. The molecule has 1 saturated carbocycles. The molecule has 1 aromatic carbocycles. The molecule has 2 N–H and O–H groups in total. The Hall–Kier alpha value is -0.970.